The molecule has 1 unspecified atom stereocenters. The summed E-state index contributed by atoms with van der Waals surface area (Å²) in [7, 11) is 0. The summed E-state index contributed by atoms with van der Waals surface area (Å²) in [5.41, 5.74) is 0.868. The number of benzene rings is 1. The van der Waals surface area contributed by atoms with Gasteiger partial charge < -0.3 is 10.4 Å². The normalized spacial score (nSPS) is 18.2. The molecule has 1 aromatic heterocycles. The number of nitrogens with one attached hydrogen (secondary N) is 1. The number of nitrogens with zero attached hydrogens (tertiary/aromatic N) is 3. The maximum Gasteiger partial charge on any atom is 0.222 e. The van der Waals surface area contributed by atoms with Crippen LogP contribution >= 0.6 is 0 Å². The summed E-state index contributed by atoms with van der Waals surface area (Å²) in [4.78, 5) is 4.16. The van der Waals surface area contributed by atoms with E-state index in [1.165, 1.54) is 12.1 Å². The highest BCUT2D eigenvalue weighted by atomic mass is 19.1. The molecule has 0 radical (unpaired) electrons. The highest BCUT2D eigenvalue weighted by Crippen LogP contribution is 2.28. The first-order valence-corrected chi connectivity index (χ1v) is 5.83. The lowest BCUT2D eigenvalue weighted by Gasteiger charge is -2.24. The van der Waals surface area contributed by atoms with E-state index in [1.807, 2.05) is 6.07 Å². The van der Waals surface area contributed by atoms with E-state index in [-0.39, 0.29) is 18.5 Å². The van der Waals surface area contributed by atoms with Crippen LogP contribution in [0.15, 0.2) is 24.3 Å². The lowest BCUT2D eigenvalue weighted by molar-refractivity contribution is 0.270. The van der Waals surface area contributed by atoms with Gasteiger partial charge in [0.05, 0.1) is 6.04 Å². The molecule has 0 amide bonds. The molecule has 0 bridgehead atoms. The Kier molecular flexibility index (Phi) is 2.71. The highest BCUT2D eigenvalue weighted by molar-refractivity contribution is 5.32. The third-order valence-electron chi connectivity index (χ3n) is 3.05. The maximum absolute atomic E-state index is 13.3. The second kappa shape index (κ2) is 4.38. The summed E-state index contributed by atoms with van der Waals surface area (Å²) in [6.07, 6.45) is 0.810. The molecule has 0 saturated heterocycles. The number of hydrogen-bond donors (Lipinski definition) is 2. The van der Waals surface area contributed by atoms with Crippen molar-refractivity contribution in [2.75, 3.05) is 11.9 Å². The molecule has 2 heterocycles. The molecule has 1 aliphatic heterocycles. The average Bonchev–Trinajstić information content (AvgIpc) is 2.81. The zero-order valence-electron chi connectivity index (χ0n) is 9.67. The zero-order chi connectivity index (χ0) is 12.5. The minimum Gasteiger partial charge on any atom is -0.388 e. The summed E-state index contributed by atoms with van der Waals surface area (Å²) in [6.45, 7) is 0.558. The van der Waals surface area contributed by atoms with Crippen molar-refractivity contribution in [3.63, 3.8) is 0 Å². The van der Waals surface area contributed by atoms with Crippen molar-refractivity contribution in [1.29, 1.82) is 0 Å². The Morgan fingerprint density at radius 1 is 1.50 bits per heavy atom. The van der Waals surface area contributed by atoms with Crippen molar-refractivity contribution in [3.05, 3.63) is 41.5 Å². The van der Waals surface area contributed by atoms with Gasteiger partial charge in [-0.05, 0) is 24.1 Å². The van der Waals surface area contributed by atoms with Crippen LogP contribution in [0.25, 0.3) is 0 Å². The molecule has 2 aromatic rings. The summed E-state index contributed by atoms with van der Waals surface area (Å²) >= 11 is 0. The summed E-state index contributed by atoms with van der Waals surface area (Å²) in [5.74, 6) is 0.746. The van der Waals surface area contributed by atoms with E-state index < -0.39 is 0 Å². The van der Waals surface area contributed by atoms with Crippen molar-refractivity contribution >= 4 is 5.95 Å². The number of halogens is 1. The van der Waals surface area contributed by atoms with Gasteiger partial charge in [-0.3, -0.25) is 0 Å². The van der Waals surface area contributed by atoms with E-state index in [0.29, 0.717) is 11.8 Å². The quantitative estimate of drug-likeness (QED) is 0.841. The largest absolute Gasteiger partial charge is 0.388 e. The molecule has 2 N–H and O–H groups in total. The average molecular weight is 248 g/mol. The number of aliphatic hydroxyl groups excluding tert-OH is 1. The minimum atomic E-state index is -0.255. The molecule has 0 aliphatic carbocycles. The van der Waals surface area contributed by atoms with Crippen LogP contribution in [0, 0.1) is 5.82 Å². The molecule has 0 spiro atoms. The molecule has 1 atom stereocenters. The number of aromatic nitrogens is 3. The van der Waals surface area contributed by atoms with Gasteiger partial charge in [-0.1, -0.05) is 12.1 Å². The van der Waals surface area contributed by atoms with Gasteiger partial charge in [0.25, 0.3) is 0 Å². The van der Waals surface area contributed by atoms with Crippen molar-refractivity contribution in [1.82, 2.24) is 14.8 Å². The van der Waals surface area contributed by atoms with E-state index in [2.05, 4.69) is 15.4 Å². The number of aliphatic hydroxyl groups is 1. The molecule has 1 aliphatic rings. The predicted molar refractivity (Wildman–Crippen MR) is 63.6 cm³/mol. The van der Waals surface area contributed by atoms with E-state index in [4.69, 9.17) is 5.11 Å². The van der Waals surface area contributed by atoms with Crippen LogP contribution in [0.3, 0.4) is 0 Å². The third-order valence-corrected chi connectivity index (χ3v) is 3.05. The van der Waals surface area contributed by atoms with Crippen molar-refractivity contribution < 1.29 is 9.50 Å². The molecular weight excluding hydrogens is 235 g/mol. The first kappa shape index (κ1) is 11.2. The van der Waals surface area contributed by atoms with Gasteiger partial charge in [0, 0.05) is 6.54 Å². The fourth-order valence-electron chi connectivity index (χ4n) is 2.24. The summed E-state index contributed by atoms with van der Waals surface area (Å²) in [6, 6.07) is 6.47. The summed E-state index contributed by atoms with van der Waals surface area (Å²) < 4.78 is 15.0. The van der Waals surface area contributed by atoms with Crippen molar-refractivity contribution in [3.8, 4) is 0 Å². The predicted octanol–water partition coefficient (Wildman–Crippen LogP) is 1.31. The van der Waals surface area contributed by atoms with Crippen LogP contribution in [0.2, 0.25) is 0 Å². The van der Waals surface area contributed by atoms with Crippen LogP contribution < -0.4 is 5.32 Å². The Morgan fingerprint density at radius 2 is 2.39 bits per heavy atom. The Balaban J connectivity index is 2.02. The Morgan fingerprint density at radius 3 is 3.17 bits per heavy atom. The van der Waals surface area contributed by atoms with E-state index in [0.717, 1.165) is 18.5 Å². The van der Waals surface area contributed by atoms with E-state index in [9.17, 15) is 4.39 Å². The Hall–Kier alpha value is -1.95. The molecular formula is C12H13FN4O. The van der Waals surface area contributed by atoms with Crippen LogP contribution in [-0.2, 0) is 6.61 Å². The highest BCUT2D eigenvalue weighted by Gasteiger charge is 2.24. The van der Waals surface area contributed by atoms with Gasteiger partial charge in [0.2, 0.25) is 5.95 Å². The van der Waals surface area contributed by atoms with E-state index in [1.54, 1.807) is 10.7 Å². The molecule has 1 aromatic carbocycles. The minimum absolute atomic E-state index is 0.0373. The molecule has 18 heavy (non-hydrogen) atoms. The smallest absolute Gasteiger partial charge is 0.222 e. The lowest BCUT2D eigenvalue weighted by atomic mass is 10.0. The summed E-state index contributed by atoms with van der Waals surface area (Å²) in [5, 5.41) is 16.4. The SMILES string of the molecule is OCc1nc2n(n1)C(c1cccc(F)c1)CCN2. The monoisotopic (exact) mass is 248 g/mol. The number of fused-ring (bicyclic) bond motifs is 1. The Bertz CT molecular complexity index is 569. The van der Waals surface area contributed by atoms with Crippen molar-refractivity contribution in [2.45, 2.75) is 19.1 Å². The second-order valence-corrected chi connectivity index (χ2v) is 4.24. The fourth-order valence-corrected chi connectivity index (χ4v) is 2.24. The van der Waals surface area contributed by atoms with Gasteiger partial charge in [-0.15, -0.1) is 0 Å². The molecule has 5 nitrogen and oxygen atoms in total. The maximum atomic E-state index is 13.3. The van der Waals surface area contributed by atoms with Crippen LogP contribution in [0.4, 0.5) is 10.3 Å². The number of hydrogen-bond acceptors (Lipinski definition) is 4. The zero-order valence-corrected chi connectivity index (χ0v) is 9.67. The first-order valence-electron chi connectivity index (χ1n) is 5.83. The molecule has 94 valence electrons. The van der Waals surface area contributed by atoms with E-state index >= 15 is 0 Å². The first-order chi connectivity index (χ1) is 8.78. The van der Waals surface area contributed by atoms with Crippen LogP contribution in [0.1, 0.15) is 23.9 Å². The van der Waals surface area contributed by atoms with Gasteiger partial charge in [0.1, 0.15) is 12.4 Å². The van der Waals surface area contributed by atoms with Crippen LogP contribution in [-0.4, -0.2) is 26.4 Å². The van der Waals surface area contributed by atoms with Crippen molar-refractivity contribution in [2.24, 2.45) is 0 Å². The topological polar surface area (TPSA) is 63.0 Å². The van der Waals surface area contributed by atoms with Gasteiger partial charge in [-0.2, -0.15) is 10.1 Å². The number of anilines is 1. The van der Waals surface area contributed by atoms with Crippen LogP contribution in [0.5, 0.6) is 0 Å². The third kappa shape index (κ3) is 1.84. The lowest BCUT2D eigenvalue weighted by Crippen LogP contribution is -2.24. The molecule has 3 rings (SSSR count). The van der Waals surface area contributed by atoms with Gasteiger partial charge in [0.15, 0.2) is 5.82 Å². The molecule has 0 saturated carbocycles. The second-order valence-electron chi connectivity index (χ2n) is 4.24. The fraction of sp³-hybridized carbons (Fsp3) is 0.333. The standard InChI is InChI=1S/C12H13FN4O/c13-9-3-1-2-8(6-9)10-4-5-14-12-15-11(7-18)16-17(10)12/h1-3,6,10,18H,4-5,7H2,(H,14,15,16). The number of rotatable bonds is 2. The van der Waals surface area contributed by atoms with Gasteiger partial charge >= 0.3 is 0 Å². The molecule has 6 heteroatoms. The van der Waals surface area contributed by atoms with Gasteiger partial charge in [-0.25, -0.2) is 9.07 Å². The Labute approximate surface area is 103 Å². The molecule has 0 fully saturated rings.